The third kappa shape index (κ3) is 3.81. The number of methoxy groups -OCH3 is 1. The Bertz CT molecular complexity index is 418. The standard InChI is InChI=1S/C13H17ClO4/c1-4-17-11-8-10(14)12(18-5-2)6-9(11)7-13(15)16-3/h6,8H,4-5,7H2,1-3H3. The predicted octanol–water partition coefficient (Wildman–Crippen LogP) is 2.85. The van der Waals surface area contributed by atoms with Crippen molar-refractivity contribution in [1.29, 1.82) is 0 Å². The largest absolute Gasteiger partial charge is 0.494 e. The average molecular weight is 273 g/mol. The summed E-state index contributed by atoms with van der Waals surface area (Å²) in [5.41, 5.74) is 0.705. The van der Waals surface area contributed by atoms with Crippen LogP contribution in [0.15, 0.2) is 12.1 Å². The van der Waals surface area contributed by atoms with Crippen molar-refractivity contribution >= 4 is 17.6 Å². The summed E-state index contributed by atoms with van der Waals surface area (Å²) in [5.74, 6) is 0.790. The molecule has 5 heteroatoms. The molecule has 0 saturated carbocycles. The lowest BCUT2D eigenvalue weighted by atomic mass is 10.1. The van der Waals surface area contributed by atoms with Gasteiger partial charge in [0.1, 0.15) is 11.5 Å². The van der Waals surface area contributed by atoms with Crippen LogP contribution in [-0.4, -0.2) is 26.3 Å². The van der Waals surface area contributed by atoms with Crippen molar-refractivity contribution in [3.8, 4) is 11.5 Å². The minimum atomic E-state index is -0.333. The fourth-order valence-electron chi connectivity index (χ4n) is 1.50. The first-order valence-corrected chi connectivity index (χ1v) is 6.15. The molecular weight excluding hydrogens is 256 g/mol. The van der Waals surface area contributed by atoms with E-state index < -0.39 is 0 Å². The van der Waals surface area contributed by atoms with Gasteiger partial charge in [0.2, 0.25) is 0 Å². The fourth-order valence-corrected chi connectivity index (χ4v) is 1.71. The van der Waals surface area contributed by atoms with Crippen LogP contribution in [0.5, 0.6) is 11.5 Å². The Morgan fingerprint density at radius 3 is 2.33 bits per heavy atom. The number of hydrogen-bond donors (Lipinski definition) is 0. The van der Waals surface area contributed by atoms with Crippen molar-refractivity contribution in [2.45, 2.75) is 20.3 Å². The minimum absolute atomic E-state index is 0.128. The maximum absolute atomic E-state index is 11.3. The molecule has 0 unspecified atom stereocenters. The number of halogens is 1. The number of carbonyl (C=O) groups excluding carboxylic acids is 1. The summed E-state index contributed by atoms with van der Waals surface area (Å²) < 4.78 is 15.5. The molecule has 0 atom stereocenters. The summed E-state index contributed by atoms with van der Waals surface area (Å²) >= 11 is 6.07. The van der Waals surface area contributed by atoms with Gasteiger partial charge in [0.05, 0.1) is 31.8 Å². The Kier molecular flexibility index (Phi) is 5.78. The van der Waals surface area contributed by atoms with Crippen LogP contribution in [0.3, 0.4) is 0 Å². The molecule has 0 saturated heterocycles. The number of rotatable bonds is 6. The van der Waals surface area contributed by atoms with Crippen molar-refractivity contribution in [2.24, 2.45) is 0 Å². The molecular formula is C13H17ClO4. The van der Waals surface area contributed by atoms with E-state index >= 15 is 0 Å². The second-order valence-electron chi connectivity index (χ2n) is 3.51. The Morgan fingerprint density at radius 2 is 1.78 bits per heavy atom. The van der Waals surface area contributed by atoms with Gasteiger partial charge in [-0.15, -0.1) is 0 Å². The van der Waals surface area contributed by atoms with Gasteiger partial charge < -0.3 is 14.2 Å². The quantitative estimate of drug-likeness (QED) is 0.747. The molecule has 1 rings (SSSR count). The Balaban J connectivity index is 3.08. The zero-order valence-electron chi connectivity index (χ0n) is 10.8. The molecule has 0 heterocycles. The van der Waals surface area contributed by atoms with Crippen molar-refractivity contribution in [1.82, 2.24) is 0 Å². The molecule has 0 spiro atoms. The maximum atomic E-state index is 11.3. The van der Waals surface area contributed by atoms with E-state index in [0.29, 0.717) is 35.3 Å². The van der Waals surface area contributed by atoms with Crippen LogP contribution >= 0.6 is 11.6 Å². The lowest BCUT2D eigenvalue weighted by molar-refractivity contribution is -0.139. The minimum Gasteiger partial charge on any atom is -0.494 e. The van der Waals surface area contributed by atoms with E-state index in [2.05, 4.69) is 4.74 Å². The van der Waals surface area contributed by atoms with Gasteiger partial charge in [0.25, 0.3) is 0 Å². The second-order valence-corrected chi connectivity index (χ2v) is 3.92. The molecule has 0 aliphatic heterocycles. The molecule has 0 bridgehead atoms. The number of benzene rings is 1. The highest BCUT2D eigenvalue weighted by atomic mass is 35.5. The molecule has 0 aliphatic rings. The van der Waals surface area contributed by atoms with Crippen LogP contribution in [0.25, 0.3) is 0 Å². The third-order valence-electron chi connectivity index (χ3n) is 2.28. The van der Waals surface area contributed by atoms with Crippen molar-refractivity contribution in [2.75, 3.05) is 20.3 Å². The van der Waals surface area contributed by atoms with E-state index in [-0.39, 0.29) is 12.4 Å². The predicted molar refractivity (Wildman–Crippen MR) is 69.5 cm³/mol. The maximum Gasteiger partial charge on any atom is 0.310 e. The van der Waals surface area contributed by atoms with Gasteiger partial charge in [-0.25, -0.2) is 0 Å². The van der Waals surface area contributed by atoms with Gasteiger partial charge in [0, 0.05) is 11.6 Å². The Hall–Kier alpha value is -1.42. The van der Waals surface area contributed by atoms with Crippen molar-refractivity contribution < 1.29 is 19.0 Å². The van der Waals surface area contributed by atoms with E-state index in [4.69, 9.17) is 21.1 Å². The summed E-state index contributed by atoms with van der Waals surface area (Å²) in [7, 11) is 1.35. The fraction of sp³-hybridized carbons (Fsp3) is 0.462. The first-order chi connectivity index (χ1) is 8.62. The van der Waals surface area contributed by atoms with Gasteiger partial charge >= 0.3 is 5.97 Å². The smallest absolute Gasteiger partial charge is 0.310 e. The summed E-state index contributed by atoms with van der Waals surface area (Å²) in [5, 5.41) is 0.467. The van der Waals surface area contributed by atoms with Crippen LogP contribution in [0.1, 0.15) is 19.4 Å². The highest BCUT2D eigenvalue weighted by Gasteiger charge is 2.14. The topological polar surface area (TPSA) is 44.8 Å². The highest BCUT2D eigenvalue weighted by molar-refractivity contribution is 6.32. The third-order valence-corrected chi connectivity index (χ3v) is 2.57. The zero-order chi connectivity index (χ0) is 13.5. The summed E-state index contributed by atoms with van der Waals surface area (Å²) in [6.45, 7) is 4.74. The number of hydrogen-bond acceptors (Lipinski definition) is 4. The lowest BCUT2D eigenvalue weighted by Crippen LogP contribution is -2.07. The zero-order valence-corrected chi connectivity index (χ0v) is 11.5. The van der Waals surface area contributed by atoms with Crippen LogP contribution in [-0.2, 0) is 16.0 Å². The van der Waals surface area contributed by atoms with Gasteiger partial charge in [0.15, 0.2) is 0 Å². The van der Waals surface area contributed by atoms with E-state index in [1.807, 2.05) is 13.8 Å². The molecule has 4 nitrogen and oxygen atoms in total. The van der Waals surface area contributed by atoms with E-state index in [0.717, 1.165) is 0 Å². The molecule has 100 valence electrons. The first-order valence-electron chi connectivity index (χ1n) is 5.77. The van der Waals surface area contributed by atoms with Gasteiger partial charge in [-0.2, -0.15) is 0 Å². The number of esters is 1. The van der Waals surface area contributed by atoms with Crippen molar-refractivity contribution in [3.63, 3.8) is 0 Å². The molecule has 1 aromatic carbocycles. The van der Waals surface area contributed by atoms with Crippen LogP contribution in [0.4, 0.5) is 0 Å². The summed E-state index contributed by atoms with van der Waals surface area (Å²) in [4.78, 5) is 11.3. The van der Waals surface area contributed by atoms with Crippen LogP contribution in [0, 0.1) is 0 Å². The van der Waals surface area contributed by atoms with Gasteiger partial charge in [-0.3, -0.25) is 4.79 Å². The molecule has 0 N–H and O–H groups in total. The molecule has 0 aliphatic carbocycles. The molecule has 18 heavy (non-hydrogen) atoms. The highest BCUT2D eigenvalue weighted by Crippen LogP contribution is 2.33. The summed E-state index contributed by atoms with van der Waals surface area (Å²) in [6, 6.07) is 3.38. The molecule has 1 aromatic rings. The molecule has 0 radical (unpaired) electrons. The average Bonchev–Trinajstić information content (AvgIpc) is 2.35. The van der Waals surface area contributed by atoms with Gasteiger partial charge in [-0.1, -0.05) is 11.6 Å². The molecule has 0 fully saturated rings. The lowest BCUT2D eigenvalue weighted by Gasteiger charge is -2.13. The van der Waals surface area contributed by atoms with Crippen LogP contribution < -0.4 is 9.47 Å². The SMILES string of the molecule is CCOc1cc(CC(=O)OC)c(OCC)cc1Cl. The van der Waals surface area contributed by atoms with Crippen LogP contribution in [0.2, 0.25) is 5.02 Å². The second kappa shape index (κ2) is 7.11. The number of carbonyl (C=O) groups is 1. The van der Waals surface area contributed by atoms with Gasteiger partial charge in [-0.05, 0) is 19.9 Å². The van der Waals surface area contributed by atoms with E-state index in [1.54, 1.807) is 12.1 Å². The Labute approximate surface area is 112 Å². The molecule has 0 aromatic heterocycles. The van der Waals surface area contributed by atoms with E-state index in [1.165, 1.54) is 7.11 Å². The normalized spacial score (nSPS) is 10.0. The van der Waals surface area contributed by atoms with Crippen molar-refractivity contribution in [3.05, 3.63) is 22.7 Å². The molecule has 0 amide bonds. The number of ether oxygens (including phenoxy) is 3. The van der Waals surface area contributed by atoms with E-state index in [9.17, 15) is 4.79 Å². The first kappa shape index (κ1) is 14.6. The summed E-state index contributed by atoms with van der Waals surface area (Å²) in [6.07, 6.45) is 0.128. The monoisotopic (exact) mass is 272 g/mol. The Morgan fingerprint density at radius 1 is 1.17 bits per heavy atom.